The second-order valence-electron chi connectivity index (χ2n) is 11.2. The van der Waals surface area contributed by atoms with Gasteiger partial charge in [-0.3, -0.25) is 0 Å². The summed E-state index contributed by atoms with van der Waals surface area (Å²) in [6.07, 6.45) is 0. The highest BCUT2D eigenvalue weighted by Gasteiger charge is 2.11. The maximum absolute atomic E-state index is 6.03. The normalized spacial score (nSPS) is 11.1. The van der Waals surface area contributed by atoms with Gasteiger partial charge in [-0.2, -0.15) is 0 Å². The molecule has 0 aliphatic rings. The number of rotatable bonds is 6. The van der Waals surface area contributed by atoms with E-state index in [4.69, 9.17) is 4.42 Å². The van der Waals surface area contributed by atoms with Gasteiger partial charge in [-0.25, -0.2) is 4.98 Å². The zero-order chi connectivity index (χ0) is 30.0. The fourth-order valence-corrected chi connectivity index (χ4v) is 5.90. The Balaban J connectivity index is 1.18. The molecule has 8 rings (SSSR count). The van der Waals surface area contributed by atoms with Crippen LogP contribution in [0, 0.1) is 0 Å². The van der Waals surface area contributed by atoms with E-state index in [1.165, 1.54) is 44.5 Å². The van der Waals surface area contributed by atoms with E-state index >= 15 is 0 Å². The van der Waals surface area contributed by atoms with E-state index in [-0.39, 0.29) is 0 Å². The van der Waals surface area contributed by atoms with E-state index in [1.54, 1.807) is 0 Å². The van der Waals surface area contributed by atoms with E-state index in [2.05, 4.69) is 157 Å². The van der Waals surface area contributed by atoms with Crippen LogP contribution >= 0.6 is 0 Å². The summed E-state index contributed by atoms with van der Waals surface area (Å²) in [5, 5.41) is 0. The van der Waals surface area contributed by atoms with Gasteiger partial charge in [0.1, 0.15) is 5.52 Å². The van der Waals surface area contributed by atoms with Crippen molar-refractivity contribution in [1.29, 1.82) is 0 Å². The molecule has 212 valence electrons. The minimum atomic E-state index is 0.634. The van der Waals surface area contributed by atoms with Gasteiger partial charge in [-0.15, -0.1) is 0 Å². The van der Waals surface area contributed by atoms with Crippen molar-refractivity contribution in [2.75, 3.05) is 0 Å². The highest BCUT2D eigenvalue weighted by atomic mass is 16.3. The van der Waals surface area contributed by atoms with Gasteiger partial charge in [0, 0.05) is 5.56 Å². The van der Waals surface area contributed by atoms with Gasteiger partial charge in [-0.05, 0) is 98.1 Å². The molecule has 0 unspecified atom stereocenters. The molecule has 7 aromatic carbocycles. The Kier molecular flexibility index (Phi) is 6.86. The number of fused-ring (bicyclic) bond motifs is 1. The van der Waals surface area contributed by atoms with Crippen molar-refractivity contribution in [2.45, 2.75) is 0 Å². The standard InChI is InChI=1S/C43H29NO/c1-3-9-30(10-4-1)32-15-19-34(20-16-32)38-27-39(35-21-17-33(18-22-35)31-11-5-2-6-12-31)29-40(28-38)36-23-25-37(26-24-36)43-44-41-13-7-8-14-42(41)45-43/h1-29H. The largest absolute Gasteiger partial charge is 0.436 e. The van der Waals surface area contributed by atoms with Crippen LogP contribution in [-0.2, 0) is 0 Å². The summed E-state index contributed by atoms with van der Waals surface area (Å²) >= 11 is 0. The predicted octanol–water partition coefficient (Wildman–Crippen LogP) is 11.8. The van der Waals surface area contributed by atoms with Gasteiger partial charge in [0.05, 0.1) is 0 Å². The molecule has 0 bridgehead atoms. The Morgan fingerprint density at radius 2 is 0.622 bits per heavy atom. The molecule has 2 heteroatoms. The average molecular weight is 576 g/mol. The van der Waals surface area contributed by atoms with Crippen molar-refractivity contribution in [3.63, 3.8) is 0 Å². The van der Waals surface area contributed by atoms with Crippen LogP contribution in [0.2, 0.25) is 0 Å². The minimum Gasteiger partial charge on any atom is -0.436 e. The predicted molar refractivity (Wildman–Crippen MR) is 187 cm³/mol. The molecule has 0 aliphatic heterocycles. The van der Waals surface area contributed by atoms with Crippen LogP contribution in [0.5, 0.6) is 0 Å². The molecule has 0 N–H and O–H groups in total. The molecule has 0 atom stereocenters. The van der Waals surface area contributed by atoms with Gasteiger partial charge in [-0.1, -0.05) is 133 Å². The molecule has 0 fully saturated rings. The molecule has 0 radical (unpaired) electrons. The van der Waals surface area contributed by atoms with Crippen molar-refractivity contribution < 1.29 is 4.42 Å². The van der Waals surface area contributed by atoms with Crippen LogP contribution in [0.4, 0.5) is 0 Å². The van der Waals surface area contributed by atoms with E-state index in [0.717, 1.165) is 27.8 Å². The summed E-state index contributed by atoms with van der Waals surface area (Å²) in [6, 6.07) is 62.0. The molecule has 0 aliphatic carbocycles. The zero-order valence-corrected chi connectivity index (χ0v) is 24.6. The first kappa shape index (κ1) is 26.6. The molecule has 1 heterocycles. The highest BCUT2D eigenvalue weighted by molar-refractivity contribution is 5.83. The number of oxazole rings is 1. The van der Waals surface area contributed by atoms with E-state index in [1.807, 2.05) is 24.3 Å². The topological polar surface area (TPSA) is 26.0 Å². The van der Waals surface area contributed by atoms with E-state index in [9.17, 15) is 0 Å². The molecule has 0 amide bonds. The summed E-state index contributed by atoms with van der Waals surface area (Å²) in [7, 11) is 0. The molecule has 1 aromatic heterocycles. The van der Waals surface area contributed by atoms with Crippen molar-refractivity contribution in [1.82, 2.24) is 4.98 Å². The first-order valence-electron chi connectivity index (χ1n) is 15.2. The van der Waals surface area contributed by atoms with Crippen molar-refractivity contribution in [2.24, 2.45) is 0 Å². The lowest BCUT2D eigenvalue weighted by Crippen LogP contribution is -1.87. The lowest BCUT2D eigenvalue weighted by Gasteiger charge is -2.13. The van der Waals surface area contributed by atoms with Crippen LogP contribution in [0.15, 0.2) is 180 Å². The van der Waals surface area contributed by atoms with Gasteiger partial charge in [0.15, 0.2) is 5.58 Å². The summed E-state index contributed by atoms with van der Waals surface area (Å²) in [5.74, 6) is 0.634. The number of hydrogen-bond donors (Lipinski definition) is 0. The van der Waals surface area contributed by atoms with E-state index in [0.29, 0.717) is 5.89 Å². The second-order valence-corrected chi connectivity index (χ2v) is 11.2. The molecule has 8 aromatic rings. The lowest BCUT2D eigenvalue weighted by molar-refractivity contribution is 0.620. The number of nitrogens with zero attached hydrogens (tertiary/aromatic N) is 1. The summed E-state index contributed by atoms with van der Waals surface area (Å²) in [5.41, 5.74) is 14.5. The molecular weight excluding hydrogens is 546 g/mol. The third-order valence-electron chi connectivity index (χ3n) is 8.34. The van der Waals surface area contributed by atoms with Gasteiger partial charge < -0.3 is 4.42 Å². The van der Waals surface area contributed by atoms with Crippen molar-refractivity contribution in [3.05, 3.63) is 176 Å². The Morgan fingerprint density at radius 3 is 1.04 bits per heavy atom. The highest BCUT2D eigenvalue weighted by Crippen LogP contribution is 2.35. The fraction of sp³-hybridized carbons (Fsp3) is 0. The Bertz CT molecular complexity index is 2080. The number of benzene rings is 7. The van der Waals surface area contributed by atoms with Crippen LogP contribution < -0.4 is 0 Å². The average Bonchev–Trinajstić information content (AvgIpc) is 3.57. The Hall–Kier alpha value is -5.99. The van der Waals surface area contributed by atoms with Crippen molar-refractivity contribution in [3.8, 4) is 67.1 Å². The van der Waals surface area contributed by atoms with Crippen molar-refractivity contribution >= 4 is 11.1 Å². The second kappa shape index (κ2) is 11.6. The SMILES string of the molecule is c1ccc(-c2ccc(-c3cc(-c4ccc(-c5ccccc5)cc4)cc(-c4ccc(-c5nc6ccccc6o5)cc4)c3)cc2)cc1. The number of para-hydroxylation sites is 2. The van der Waals surface area contributed by atoms with Crippen LogP contribution in [0.3, 0.4) is 0 Å². The van der Waals surface area contributed by atoms with Gasteiger partial charge >= 0.3 is 0 Å². The molecular formula is C43H29NO. The smallest absolute Gasteiger partial charge is 0.227 e. The Morgan fingerprint density at radius 1 is 0.289 bits per heavy atom. The monoisotopic (exact) mass is 575 g/mol. The summed E-state index contributed by atoms with van der Waals surface area (Å²) < 4.78 is 6.03. The number of hydrogen-bond acceptors (Lipinski definition) is 2. The first-order valence-corrected chi connectivity index (χ1v) is 15.2. The van der Waals surface area contributed by atoms with Crippen LogP contribution in [0.25, 0.3) is 78.2 Å². The molecule has 0 saturated heterocycles. The number of aromatic nitrogens is 1. The Labute approximate surface area is 262 Å². The molecule has 0 saturated carbocycles. The van der Waals surface area contributed by atoms with E-state index < -0.39 is 0 Å². The fourth-order valence-electron chi connectivity index (χ4n) is 5.90. The minimum absolute atomic E-state index is 0.634. The zero-order valence-electron chi connectivity index (χ0n) is 24.6. The third-order valence-corrected chi connectivity index (χ3v) is 8.34. The maximum atomic E-state index is 6.03. The summed E-state index contributed by atoms with van der Waals surface area (Å²) in [6.45, 7) is 0. The van der Waals surface area contributed by atoms with Crippen LogP contribution in [-0.4, -0.2) is 4.98 Å². The van der Waals surface area contributed by atoms with Crippen LogP contribution in [0.1, 0.15) is 0 Å². The molecule has 2 nitrogen and oxygen atoms in total. The maximum Gasteiger partial charge on any atom is 0.227 e. The quantitative estimate of drug-likeness (QED) is 0.197. The summed E-state index contributed by atoms with van der Waals surface area (Å²) in [4.78, 5) is 4.68. The molecule has 45 heavy (non-hydrogen) atoms. The van der Waals surface area contributed by atoms with Gasteiger partial charge in [0.2, 0.25) is 5.89 Å². The third kappa shape index (κ3) is 5.46. The molecule has 0 spiro atoms. The lowest BCUT2D eigenvalue weighted by atomic mass is 9.92. The first-order chi connectivity index (χ1) is 22.3. The van der Waals surface area contributed by atoms with Gasteiger partial charge in [0.25, 0.3) is 0 Å².